The summed E-state index contributed by atoms with van der Waals surface area (Å²) in [5.41, 5.74) is 1.77. The number of nitrogens with zero attached hydrogens (tertiary/aromatic N) is 4. The molecule has 7 heteroatoms. The molecule has 1 aliphatic rings. The third-order valence-corrected chi connectivity index (χ3v) is 4.68. The second-order valence-corrected chi connectivity index (χ2v) is 6.63. The van der Waals surface area contributed by atoms with E-state index < -0.39 is 0 Å². The molecule has 2 aromatic rings. The minimum absolute atomic E-state index is 0.0286. The molecular formula is C20H27N5O2. The van der Waals surface area contributed by atoms with E-state index >= 15 is 0 Å². The van der Waals surface area contributed by atoms with Gasteiger partial charge in [-0.1, -0.05) is 19.1 Å². The van der Waals surface area contributed by atoms with Crippen molar-refractivity contribution in [1.82, 2.24) is 14.9 Å². The fraction of sp³-hybridized carbons (Fsp3) is 0.450. The number of nitrogens with one attached hydrogen (secondary N) is 1. The lowest BCUT2D eigenvalue weighted by Gasteiger charge is -2.35. The molecule has 1 fully saturated rings. The van der Waals surface area contributed by atoms with Crippen molar-refractivity contribution in [2.75, 3.05) is 50.1 Å². The van der Waals surface area contributed by atoms with E-state index in [0.29, 0.717) is 18.0 Å². The van der Waals surface area contributed by atoms with Crippen LogP contribution in [0.25, 0.3) is 0 Å². The highest BCUT2D eigenvalue weighted by atomic mass is 16.5. The Labute approximate surface area is 160 Å². The highest BCUT2D eigenvalue weighted by Gasteiger charge is 2.21. The SMILES string of the molecule is CCc1cc(N2CCN(CC(=O)Nc3ccccc3OC)CC2)nc(C)n1. The molecule has 0 atom stereocenters. The number of carbonyl (C=O) groups excluding carboxylic acids is 1. The van der Waals surface area contributed by atoms with E-state index in [9.17, 15) is 4.79 Å². The van der Waals surface area contributed by atoms with Crippen LogP contribution in [-0.4, -0.2) is 60.6 Å². The summed E-state index contributed by atoms with van der Waals surface area (Å²) in [7, 11) is 1.60. The Morgan fingerprint density at radius 2 is 1.93 bits per heavy atom. The summed E-state index contributed by atoms with van der Waals surface area (Å²) in [5.74, 6) is 2.43. The molecule has 1 aromatic carbocycles. The van der Waals surface area contributed by atoms with Crippen LogP contribution < -0.4 is 15.0 Å². The van der Waals surface area contributed by atoms with Gasteiger partial charge in [-0.05, 0) is 25.5 Å². The number of ether oxygens (including phenoxy) is 1. The van der Waals surface area contributed by atoms with Gasteiger partial charge >= 0.3 is 0 Å². The summed E-state index contributed by atoms with van der Waals surface area (Å²) in [4.78, 5) is 25.8. The van der Waals surface area contributed by atoms with Crippen LogP contribution in [0.1, 0.15) is 18.4 Å². The van der Waals surface area contributed by atoms with E-state index in [1.165, 1.54) is 0 Å². The molecule has 3 rings (SSSR count). The third-order valence-electron chi connectivity index (χ3n) is 4.68. The number of hydrogen-bond acceptors (Lipinski definition) is 6. The standard InChI is InChI=1S/C20H27N5O2/c1-4-16-13-19(22-15(2)21-16)25-11-9-24(10-12-25)14-20(26)23-17-7-5-6-8-18(17)27-3/h5-8,13H,4,9-12,14H2,1-3H3,(H,23,26). The summed E-state index contributed by atoms with van der Waals surface area (Å²) in [5, 5.41) is 2.93. The summed E-state index contributed by atoms with van der Waals surface area (Å²) < 4.78 is 5.28. The van der Waals surface area contributed by atoms with Crippen molar-refractivity contribution in [2.24, 2.45) is 0 Å². The smallest absolute Gasteiger partial charge is 0.238 e. The summed E-state index contributed by atoms with van der Waals surface area (Å²) in [6.07, 6.45) is 0.902. The third kappa shape index (κ3) is 4.95. The molecule has 27 heavy (non-hydrogen) atoms. The van der Waals surface area contributed by atoms with Crippen LogP contribution in [-0.2, 0) is 11.2 Å². The maximum Gasteiger partial charge on any atom is 0.238 e. The molecule has 1 saturated heterocycles. The predicted octanol–water partition coefficient (Wildman–Crippen LogP) is 2.12. The summed E-state index contributed by atoms with van der Waals surface area (Å²) >= 11 is 0. The number of amides is 1. The molecule has 0 saturated carbocycles. The van der Waals surface area contributed by atoms with Crippen molar-refractivity contribution in [1.29, 1.82) is 0 Å². The van der Waals surface area contributed by atoms with E-state index in [1.54, 1.807) is 7.11 Å². The number of hydrogen-bond donors (Lipinski definition) is 1. The molecule has 1 amide bonds. The first kappa shape index (κ1) is 19.1. The molecule has 144 valence electrons. The van der Waals surface area contributed by atoms with Gasteiger partial charge in [-0.2, -0.15) is 0 Å². The molecule has 1 aromatic heterocycles. The van der Waals surface area contributed by atoms with Gasteiger partial charge in [-0.3, -0.25) is 9.69 Å². The predicted molar refractivity (Wildman–Crippen MR) is 106 cm³/mol. The van der Waals surface area contributed by atoms with Gasteiger partial charge in [-0.25, -0.2) is 9.97 Å². The second kappa shape index (κ2) is 8.81. The Balaban J connectivity index is 1.53. The quantitative estimate of drug-likeness (QED) is 0.841. The molecule has 0 spiro atoms. The zero-order valence-corrected chi connectivity index (χ0v) is 16.2. The number of para-hydroxylation sites is 2. The van der Waals surface area contributed by atoms with E-state index in [2.05, 4.69) is 38.1 Å². The largest absolute Gasteiger partial charge is 0.495 e. The van der Waals surface area contributed by atoms with Gasteiger partial charge in [0.05, 0.1) is 19.3 Å². The molecule has 0 aliphatic carbocycles. The lowest BCUT2D eigenvalue weighted by atomic mass is 10.2. The first-order valence-electron chi connectivity index (χ1n) is 9.33. The van der Waals surface area contributed by atoms with Crippen LogP contribution in [0.2, 0.25) is 0 Å². The van der Waals surface area contributed by atoms with Gasteiger partial charge in [0.1, 0.15) is 17.4 Å². The Hall–Kier alpha value is -2.67. The highest BCUT2D eigenvalue weighted by Crippen LogP contribution is 2.23. The first-order chi connectivity index (χ1) is 13.1. The van der Waals surface area contributed by atoms with Crippen molar-refractivity contribution in [3.8, 4) is 5.75 Å². The fourth-order valence-corrected chi connectivity index (χ4v) is 3.23. The molecule has 7 nitrogen and oxygen atoms in total. The van der Waals surface area contributed by atoms with E-state index in [0.717, 1.165) is 49.9 Å². The van der Waals surface area contributed by atoms with Gasteiger partial charge < -0.3 is 15.0 Å². The molecular weight excluding hydrogens is 342 g/mol. The van der Waals surface area contributed by atoms with Crippen molar-refractivity contribution >= 4 is 17.4 Å². The van der Waals surface area contributed by atoms with Crippen molar-refractivity contribution in [3.63, 3.8) is 0 Å². The zero-order valence-electron chi connectivity index (χ0n) is 16.2. The number of carbonyl (C=O) groups is 1. The van der Waals surface area contributed by atoms with Crippen LogP contribution in [0, 0.1) is 6.92 Å². The number of piperazine rings is 1. The average molecular weight is 369 g/mol. The van der Waals surface area contributed by atoms with Gasteiger partial charge in [-0.15, -0.1) is 0 Å². The van der Waals surface area contributed by atoms with Gasteiger partial charge in [0.15, 0.2) is 0 Å². The monoisotopic (exact) mass is 369 g/mol. The average Bonchev–Trinajstić information content (AvgIpc) is 2.68. The lowest BCUT2D eigenvalue weighted by Crippen LogP contribution is -2.49. The van der Waals surface area contributed by atoms with Gasteiger partial charge in [0.25, 0.3) is 0 Å². The number of benzene rings is 1. The summed E-state index contributed by atoms with van der Waals surface area (Å²) in [6.45, 7) is 7.75. The van der Waals surface area contributed by atoms with Crippen LogP contribution in [0.3, 0.4) is 0 Å². The minimum Gasteiger partial charge on any atom is -0.495 e. The zero-order chi connectivity index (χ0) is 19.2. The molecule has 0 unspecified atom stereocenters. The van der Waals surface area contributed by atoms with Crippen molar-refractivity contribution < 1.29 is 9.53 Å². The maximum atomic E-state index is 12.4. The molecule has 2 heterocycles. The Bertz CT molecular complexity index is 788. The van der Waals surface area contributed by atoms with Crippen molar-refractivity contribution in [2.45, 2.75) is 20.3 Å². The molecule has 0 bridgehead atoms. The Morgan fingerprint density at radius 3 is 2.63 bits per heavy atom. The minimum atomic E-state index is -0.0286. The Kier molecular flexibility index (Phi) is 6.24. The van der Waals surface area contributed by atoms with Crippen LogP contribution in [0.15, 0.2) is 30.3 Å². The van der Waals surface area contributed by atoms with Crippen LogP contribution in [0.4, 0.5) is 11.5 Å². The van der Waals surface area contributed by atoms with Crippen LogP contribution >= 0.6 is 0 Å². The number of rotatable bonds is 6. The maximum absolute atomic E-state index is 12.4. The number of aryl methyl sites for hydroxylation is 2. The van der Waals surface area contributed by atoms with Crippen LogP contribution in [0.5, 0.6) is 5.75 Å². The van der Waals surface area contributed by atoms with Gasteiger partial charge in [0.2, 0.25) is 5.91 Å². The number of anilines is 2. The topological polar surface area (TPSA) is 70.6 Å². The second-order valence-electron chi connectivity index (χ2n) is 6.63. The van der Waals surface area contributed by atoms with E-state index in [-0.39, 0.29) is 5.91 Å². The first-order valence-corrected chi connectivity index (χ1v) is 9.33. The highest BCUT2D eigenvalue weighted by molar-refractivity contribution is 5.93. The summed E-state index contributed by atoms with van der Waals surface area (Å²) in [6, 6.07) is 9.51. The number of methoxy groups -OCH3 is 1. The molecule has 1 aliphatic heterocycles. The number of aromatic nitrogens is 2. The van der Waals surface area contributed by atoms with E-state index in [1.807, 2.05) is 31.2 Å². The fourth-order valence-electron chi connectivity index (χ4n) is 3.23. The van der Waals surface area contributed by atoms with Gasteiger partial charge in [0, 0.05) is 37.9 Å². The van der Waals surface area contributed by atoms with Crippen molar-refractivity contribution in [3.05, 3.63) is 41.9 Å². The van der Waals surface area contributed by atoms with E-state index in [4.69, 9.17) is 4.74 Å². The Morgan fingerprint density at radius 1 is 1.19 bits per heavy atom. The lowest BCUT2D eigenvalue weighted by molar-refractivity contribution is -0.117. The normalized spacial score (nSPS) is 14.9. The molecule has 0 radical (unpaired) electrons. The molecule has 1 N–H and O–H groups in total.